The Morgan fingerprint density at radius 1 is 1.05 bits per heavy atom. The molecule has 0 bridgehead atoms. The Bertz CT molecular complexity index is 428. The number of hydrogen-bond donors (Lipinski definition) is 1. The summed E-state index contributed by atoms with van der Waals surface area (Å²) in [4.78, 5) is 11.2. The lowest BCUT2D eigenvalue weighted by molar-refractivity contribution is 0.0691. The fraction of sp³-hybridized carbons (Fsp3) is 0.632. The molecule has 0 aliphatic heterocycles. The summed E-state index contributed by atoms with van der Waals surface area (Å²) in [6.45, 7) is 5.05. The molecule has 1 N–H and O–H groups in total. The molecule has 0 saturated carbocycles. The summed E-state index contributed by atoms with van der Waals surface area (Å²) in [6.07, 6.45) is 9.81. The van der Waals surface area contributed by atoms with Crippen LogP contribution in [0.2, 0.25) is 0 Å². The highest BCUT2D eigenvalue weighted by Gasteiger charge is 2.13. The molecule has 0 aromatic heterocycles. The van der Waals surface area contributed by atoms with Gasteiger partial charge in [0.25, 0.3) is 0 Å². The van der Waals surface area contributed by atoms with Gasteiger partial charge in [0.2, 0.25) is 0 Å². The molecule has 0 saturated heterocycles. The maximum absolute atomic E-state index is 11.2. The maximum atomic E-state index is 11.2. The second-order valence-corrected chi connectivity index (χ2v) is 5.97. The number of hydrogen-bond acceptors (Lipinski definition) is 2. The van der Waals surface area contributed by atoms with Gasteiger partial charge in [0.15, 0.2) is 0 Å². The zero-order valence-electron chi connectivity index (χ0n) is 14.0. The average Bonchev–Trinajstić information content (AvgIpc) is 2.53. The van der Waals surface area contributed by atoms with E-state index in [1.165, 1.54) is 44.9 Å². The Hall–Kier alpha value is -1.51. The average molecular weight is 306 g/mol. The molecule has 1 rings (SSSR count). The normalized spacial score (nSPS) is 12.1. The molecule has 0 aliphatic carbocycles. The lowest BCUT2D eigenvalue weighted by atomic mass is 9.96. The molecule has 1 unspecified atom stereocenters. The van der Waals surface area contributed by atoms with Gasteiger partial charge in [0.1, 0.15) is 11.3 Å². The van der Waals surface area contributed by atoms with Gasteiger partial charge in [-0.15, -0.1) is 0 Å². The van der Waals surface area contributed by atoms with Crippen molar-refractivity contribution in [2.75, 3.05) is 6.61 Å². The third-order valence-electron chi connectivity index (χ3n) is 4.02. The van der Waals surface area contributed by atoms with Crippen LogP contribution in [-0.4, -0.2) is 17.7 Å². The molecule has 0 amide bonds. The van der Waals surface area contributed by atoms with Crippen LogP contribution in [0, 0.1) is 5.92 Å². The smallest absolute Gasteiger partial charge is 0.339 e. The van der Waals surface area contributed by atoms with Crippen molar-refractivity contribution in [1.82, 2.24) is 0 Å². The largest absolute Gasteiger partial charge is 0.492 e. The molecule has 0 aliphatic rings. The minimum atomic E-state index is -0.927. The fourth-order valence-electron chi connectivity index (χ4n) is 2.64. The van der Waals surface area contributed by atoms with Crippen LogP contribution in [-0.2, 0) is 0 Å². The van der Waals surface area contributed by atoms with E-state index < -0.39 is 5.97 Å². The number of carbonyl (C=O) groups is 1. The predicted molar refractivity (Wildman–Crippen MR) is 90.7 cm³/mol. The van der Waals surface area contributed by atoms with E-state index in [-0.39, 0.29) is 5.56 Å². The lowest BCUT2D eigenvalue weighted by Crippen LogP contribution is -2.14. The zero-order valence-corrected chi connectivity index (χ0v) is 14.0. The molecular formula is C19H30O3. The van der Waals surface area contributed by atoms with Gasteiger partial charge in [-0.05, 0) is 30.9 Å². The van der Waals surface area contributed by atoms with Crippen molar-refractivity contribution in [3.8, 4) is 5.75 Å². The summed E-state index contributed by atoms with van der Waals surface area (Å²) in [5.74, 6) is 0.0902. The highest BCUT2D eigenvalue weighted by atomic mass is 16.5. The number of unbranched alkanes of at least 4 members (excludes halogenated alkanes) is 4. The molecule has 0 heterocycles. The Labute approximate surface area is 134 Å². The van der Waals surface area contributed by atoms with E-state index in [4.69, 9.17) is 4.74 Å². The van der Waals surface area contributed by atoms with Gasteiger partial charge in [-0.2, -0.15) is 0 Å². The lowest BCUT2D eigenvalue weighted by Gasteiger charge is -2.18. The van der Waals surface area contributed by atoms with Gasteiger partial charge < -0.3 is 9.84 Å². The highest BCUT2D eigenvalue weighted by molar-refractivity contribution is 5.90. The molecule has 0 spiro atoms. The van der Waals surface area contributed by atoms with Gasteiger partial charge in [0, 0.05) is 0 Å². The second kappa shape index (κ2) is 11.1. The Morgan fingerprint density at radius 3 is 2.41 bits per heavy atom. The molecule has 3 nitrogen and oxygen atoms in total. The van der Waals surface area contributed by atoms with Gasteiger partial charge in [-0.3, -0.25) is 0 Å². The van der Waals surface area contributed by atoms with Crippen molar-refractivity contribution in [3.05, 3.63) is 29.8 Å². The van der Waals surface area contributed by atoms with Crippen molar-refractivity contribution in [1.29, 1.82) is 0 Å². The molecule has 0 radical (unpaired) electrons. The second-order valence-electron chi connectivity index (χ2n) is 5.97. The number of aromatic carboxylic acids is 1. The van der Waals surface area contributed by atoms with E-state index in [2.05, 4.69) is 13.8 Å². The molecule has 22 heavy (non-hydrogen) atoms. The first-order valence-corrected chi connectivity index (χ1v) is 8.64. The van der Waals surface area contributed by atoms with Crippen LogP contribution < -0.4 is 4.74 Å². The summed E-state index contributed by atoms with van der Waals surface area (Å²) in [6, 6.07) is 6.90. The number of rotatable bonds is 12. The number of ether oxygens (including phenoxy) is 1. The first-order chi connectivity index (χ1) is 10.7. The first kappa shape index (κ1) is 18.5. The van der Waals surface area contributed by atoms with Gasteiger partial charge in [-0.25, -0.2) is 4.79 Å². The first-order valence-electron chi connectivity index (χ1n) is 8.64. The minimum Gasteiger partial charge on any atom is -0.492 e. The molecule has 3 heteroatoms. The van der Waals surface area contributed by atoms with Crippen LogP contribution in [0.4, 0.5) is 0 Å². The summed E-state index contributed by atoms with van der Waals surface area (Å²) < 4.78 is 5.83. The quantitative estimate of drug-likeness (QED) is 0.516. The molecule has 1 aromatic rings. The van der Waals surface area contributed by atoms with E-state index in [1.54, 1.807) is 18.2 Å². The Kier molecular flexibility index (Phi) is 9.36. The van der Waals surface area contributed by atoms with Crippen molar-refractivity contribution in [2.24, 2.45) is 5.92 Å². The van der Waals surface area contributed by atoms with Gasteiger partial charge >= 0.3 is 5.97 Å². The Morgan fingerprint density at radius 2 is 1.73 bits per heavy atom. The topological polar surface area (TPSA) is 46.5 Å². The summed E-state index contributed by atoms with van der Waals surface area (Å²) >= 11 is 0. The third kappa shape index (κ3) is 6.97. The van der Waals surface area contributed by atoms with Crippen LogP contribution in [0.15, 0.2) is 24.3 Å². The minimum absolute atomic E-state index is 0.253. The molecule has 124 valence electrons. The maximum Gasteiger partial charge on any atom is 0.339 e. The highest BCUT2D eigenvalue weighted by Crippen LogP contribution is 2.22. The summed E-state index contributed by atoms with van der Waals surface area (Å²) in [5, 5.41) is 9.19. The zero-order chi connectivity index (χ0) is 16.2. The monoisotopic (exact) mass is 306 g/mol. The van der Waals surface area contributed by atoms with Crippen molar-refractivity contribution < 1.29 is 14.6 Å². The van der Waals surface area contributed by atoms with E-state index in [0.29, 0.717) is 18.3 Å². The van der Waals surface area contributed by atoms with Crippen LogP contribution >= 0.6 is 0 Å². The number of benzene rings is 1. The summed E-state index contributed by atoms with van der Waals surface area (Å²) in [5.41, 5.74) is 0.253. The van der Waals surface area contributed by atoms with E-state index in [1.807, 2.05) is 6.07 Å². The van der Waals surface area contributed by atoms with Gasteiger partial charge in [-0.1, -0.05) is 64.5 Å². The van der Waals surface area contributed by atoms with Gasteiger partial charge in [0.05, 0.1) is 6.61 Å². The van der Waals surface area contributed by atoms with E-state index in [0.717, 1.165) is 6.42 Å². The van der Waals surface area contributed by atoms with Crippen molar-refractivity contribution in [2.45, 2.75) is 65.2 Å². The van der Waals surface area contributed by atoms with Crippen LogP contribution in [0.25, 0.3) is 0 Å². The molecular weight excluding hydrogens is 276 g/mol. The van der Waals surface area contributed by atoms with Crippen molar-refractivity contribution >= 4 is 5.97 Å². The number of carboxylic acid groups (broad SMARTS) is 1. The number of para-hydroxylation sites is 1. The van der Waals surface area contributed by atoms with Crippen LogP contribution in [0.1, 0.15) is 75.6 Å². The number of carboxylic acids is 1. The Balaban J connectivity index is 2.52. The predicted octanol–water partition coefficient (Wildman–Crippen LogP) is 5.54. The SMILES string of the molecule is CCCCCCC(CCCC)COc1ccccc1C(=O)O. The van der Waals surface area contributed by atoms with Crippen molar-refractivity contribution in [3.63, 3.8) is 0 Å². The van der Waals surface area contributed by atoms with E-state index in [9.17, 15) is 9.90 Å². The van der Waals surface area contributed by atoms with E-state index >= 15 is 0 Å². The van der Waals surface area contributed by atoms with Crippen LogP contribution in [0.5, 0.6) is 5.75 Å². The van der Waals surface area contributed by atoms with Crippen LogP contribution in [0.3, 0.4) is 0 Å². The third-order valence-corrected chi connectivity index (χ3v) is 4.02. The molecule has 0 fully saturated rings. The molecule has 1 aromatic carbocycles. The fourth-order valence-corrected chi connectivity index (χ4v) is 2.64. The molecule has 1 atom stereocenters. The summed E-state index contributed by atoms with van der Waals surface area (Å²) in [7, 11) is 0. The standard InChI is InChI=1S/C19H30O3/c1-3-5-7-8-12-16(11-6-4-2)15-22-18-14-10-9-13-17(18)19(20)21/h9-10,13-14,16H,3-8,11-12,15H2,1-2H3,(H,20,21).